The first-order chi connectivity index (χ1) is 22.8. The Labute approximate surface area is 269 Å². The highest BCUT2D eigenvalue weighted by atomic mass is 19.1. The van der Waals surface area contributed by atoms with Crippen molar-refractivity contribution in [1.82, 2.24) is 14.8 Å². The minimum absolute atomic E-state index is 0.0206. The Hall–Kier alpha value is -5.82. The second-order valence-corrected chi connectivity index (χ2v) is 10.4. The van der Waals surface area contributed by atoms with Crippen LogP contribution in [0.4, 0.5) is 10.1 Å². The Morgan fingerprint density at radius 3 is 2.62 bits per heavy atom. The van der Waals surface area contributed by atoms with Gasteiger partial charge in [-0.15, -0.1) is 5.10 Å². The minimum atomic E-state index is -1.07. The maximum absolute atomic E-state index is 16.1. The van der Waals surface area contributed by atoms with Crippen molar-refractivity contribution >= 4 is 23.3 Å². The number of rotatable bonds is 11. The molecule has 0 bridgehead atoms. The lowest BCUT2D eigenvalue weighted by Gasteiger charge is -2.21. The molecule has 1 amide bonds. The number of benzene rings is 3. The van der Waals surface area contributed by atoms with Crippen LogP contribution in [-0.2, 0) is 0 Å². The number of aromatic nitrogens is 3. The molecule has 2 unspecified atom stereocenters. The van der Waals surface area contributed by atoms with Gasteiger partial charge in [0.25, 0.3) is 5.91 Å². The highest BCUT2D eigenvalue weighted by Crippen LogP contribution is 2.35. The second kappa shape index (κ2) is 15.0. The second-order valence-electron chi connectivity index (χ2n) is 10.4. The summed E-state index contributed by atoms with van der Waals surface area (Å²) >= 11 is 0. The summed E-state index contributed by atoms with van der Waals surface area (Å²) in [7, 11) is 1.43. The Balaban J connectivity index is 1.54. The van der Waals surface area contributed by atoms with E-state index < -0.39 is 23.5 Å². The van der Waals surface area contributed by atoms with Gasteiger partial charge in [-0.25, -0.2) is 14.2 Å². The number of halogens is 1. The van der Waals surface area contributed by atoms with E-state index in [4.69, 9.17) is 15.2 Å². The Morgan fingerprint density at radius 1 is 1.15 bits per heavy atom. The molecular weight excluding hydrogens is 605 g/mol. The Bertz CT molecular complexity index is 1900. The van der Waals surface area contributed by atoms with Crippen LogP contribution < -0.4 is 26.2 Å². The standard InChI is InChI=1S/C34H34FN7O5/c1-3-21-9-7-8-16-37-32(21)42-34(45)40-31(41-42)29(26-19-25(46-2)20-27(28(26)35)47-18-17-43)38-24-14-12-22(13-15-24)30(36)39-33(44)23-10-5-4-6-11-23/h4-16,19-21,29,38,43H,3,17-18H2,1-2H3,(H2,36,39,44)(H,40,41,45). The predicted octanol–water partition coefficient (Wildman–Crippen LogP) is 4.19. The van der Waals surface area contributed by atoms with E-state index in [0.29, 0.717) is 29.1 Å². The summed E-state index contributed by atoms with van der Waals surface area (Å²) in [6.07, 6.45) is 7.78. The molecule has 1 aromatic heterocycles. The zero-order chi connectivity index (χ0) is 33.3. The van der Waals surface area contributed by atoms with E-state index in [1.807, 2.05) is 19.1 Å². The fourth-order valence-electron chi connectivity index (χ4n) is 4.90. The number of nitrogens with one attached hydrogen (secondary N) is 2. The van der Waals surface area contributed by atoms with Crippen molar-refractivity contribution in [1.29, 1.82) is 0 Å². The molecule has 12 nitrogen and oxygen atoms in total. The number of anilines is 1. The van der Waals surface area contributed by atoms with Gasteiger partial charge >= 0.3 is 5.69 Å². The SMILES string of the molecule is CCC1C=CC=CN=C1n1nc(C(Nc2ccc(C(N)=NC(=O)c3ccccc3)cc2)c2cc(OC)cc(OCCO)c2F)[nH]c1=O. The van der Waals surface area contributed by atoms with Gasteiger partial charge in [0.15, 0.2) is 17.4 Å². The smallest absolute Gasteiger partial charge is 0.349 e. The minimum Gasteiger partial charge on any atom is -0.497 e. The molecule has 5 N–H and O–H groups in total. The van der Waals surface area contributed by atoms with Gasteiger partial charge in [-0.3, -0.25) is 9.78 Å². The number of hydrogen-bond acceptors (Lipinski definition) is 8. The van der Waals surface area contributed by atoms with Crippen molar-refractivity contribution in [3.05, 3.63) is 130 Å². The number of hydrogen-bond donors (Lipinski definition) is 4. The number of H-pyrrole nitrogens is 1. The van der Waals surface area contributed by atoms with Crippen molar-refractivity contribution in [2.75, 3.05) is 25.6 Å². The summed E-state index contributed by atoms with van der Waals surface area (Å²) < 4.78 is 28.1. The number of aliphatic imine (C=N–C) groups is 2. The lowest BCUT2D eigenvalue weighted by Crippen LogP contribution is -2.31. The third kappa shape index (κ3) is 7.53. The van der Waals surface area contributed by atoms with Crippen LogP contribution in [0.1, 0.15) is 46.7 Å². The van der Waals surface area contributed by atoms with Gasteiger partial charge in [0.05, 0.1) is 13.7 Å². The molecule has 47 heavy (non-hydrogen) atoms. The topological polar surface area (TPSA) is 169 Å². The van der Waals surface area contributed by atoms with E-state index in [2.05, 4.69) is 25.4 Å². The number of amides is 1. The summed E-state index contributed by atoms with van der Waals surface area (Å²) in [6.45, 7) is 1.49. The van der Waals surface area contributed by atoms with Crippen molar-refractivity contribution in [2.24, 2.45) is 21.6 Å². The fraction of sp³-hybridized carbons (Fsp3) is 0.206. The van der Waals surface area contributed by atoms with Crippen molar-refractivity contribution in [3.8, 4) is 11.5 Å². The van der Waals surface area contributed by atoms with Crippen LogP contribution in [0.5, 0.6) is 11.5 Å². The number of methoxy groups -OCH3 is 1. The highest BCUT2D eigenvalue weighted by Gasteiger charge is 2.28. The number of aliphatic hydroxyl groups excluding tert-OH is 1. The zero-order valence-electron chi connectivity index (χ0n) is 25.8. The number of amidine groups is 1. The first kappa shape index (κ1) is 32.6. The third-order valence-corrected chi connectivity index (χ3v) is 7.32. The number of carbonyl (C=O) groups is 1. The molecule has 13 heteroatoms. The lowest BCUT2D eigenvalue weighted by atomic mass is 10.0. The number of ether oxygens (including phenoxy) is 2. The summed E-state index contributed by atoms with van der Waals surface area (Å²) in [6, 6.07) is 17.0. The predicted molar refractivity (Wildman–Crippen MR) is 177 cm³/mol. The number of nitrogens with zero attached hydrogens (tertiary/aromatic N) is 4. The van der Waals surface area contributed by atoms with Crippen LogP contribution >= 0.6 is 0 Å². The third-order valence-electron chi connectivity index (χ3n) is 7.32. The number of allylic oxidation sites excluding steroid dienone is 3. The van der Waals surface area contributed by atoms with E-state index >= 15 is 4.39 Å². The molecule has 0 saturated carbocycles. The maximum atomic E-state index is 16.1. The summed E-state index contributed by atoms with van der Waals surface area (Å²) in [5.41, 5.74) is 7.02. The van der Waals surface area contributed by atoms with Crippen LogP contribution in [0.25, 0.3) is 0 Å². The van der Waals surface area contributed by atoms with Gasteiger partial charge < -0.3 is 25.6 Å². The van der Waals surface area contributed by atoms with Gasteiger partial charge in [-0.2, -0.15) is 9.67 Å². The largest absolute Gasteiger partial charge is 0.497 e. The van der Waals surface area contributed by atoms with E-state index in [0.717, 1.165) is 0 Å². The number of aliphatic hydroxyl groups is 1. The average Bonchev–Trinajstić information content (AvgIpc) is 3.31. The van der Waals surface area contributed by atoms with Gasteiger partial charge in [-0.1, -0.05) is 37.3 Å². The van der Waals surface area contributed by atoms with E-state index in [1.165, 1.54) is 23.9 Å². The van der Waals surface area contributed by atoms with E-state index in [-0.39, 0.29) is 47.9 Å². The van der Waals surface area contributed by atoms with Crippen molar-refractivity contribution in [3.63, 3.8) is 0 Å². The number of nitrogens with two attached hydrogens (primary N) is 1. The average molecular weight is 640 g/mol. The van der Waals surface area contributed by atoms with Crippen LogP contribution in [0.2, 0.25) is 0 Å². The Kier molecular flexibility index (Phi) is 10.4. The van der Waals surface area contributed by atoms with Crippen LogP contribution in [-0.4, -0.2) is 57.8 Å². The van der Waals surface area contributed by atoms with E-state index in [9.17, 15) is 14.7 Å². The molecule has 0 saturated heterocycles. The molecule has 0 radical (unpaired) electrons. The molecule has 1 aliphatic heterocycles. The van der Waals surface area contributed by atoms with E-state index in [1.54, 1.807) is 66.9 Å². The zero-order valence-corrected chi connectivity index (χ0v) is 25.8. The molecule has 1 aliphatic rings. The first-order valence-electron chi connectivity index (χ1n) is 14.8. The quantitative estimate of drug-likeness (QED) is 0.140. The molecule has 2 heterocycles. The molecule has 3 aromatic carbocycles. The molecule has 0 fully saturated rings. The van der Waals surface area contributed by atoms with Crippen molar-refractivity contribution in [2.45, 2.75) is 19.4 Å². The Morgan fingerprint density at radius 2 is 1.91 bits per heavy atom. The molecule has 0 aliphatic carbocycles. The van der Waals surface area contributed by atoms with Gasteiger partial charge in [0.2, 0.25) is 0 Å². The fourth-order valence-corrected chi connectivity index (χ4v) is 4.90. The molecule has 5 rings (SSSR count). The number of carbonyl (C=O) groups excluding carboxylic acids is 1. The van der Waals surface area contributed by atoms with Crippen LogP contribution in [0.3, 0.4) is 0 Å². The maximum Gasteiger partial charge on any atom is 0.349 e. The molecular formula is C34H34FN7O5. The molecule has 0 spiro atoms. The van der Waals surface area contributed by atoms with Gasteiger partial charge in [-0.05, 0) is 55.0 Å². The molecule has 4 aromatic rings. The van der Waals surface area contributed by atoms with Gasteiger partial charge in [0.1, 0.15) is 30.1 Å². The summed E-state index contributed by atoms with van der Waals surface area (Å²) in [5, 5.41) is 17.1. The monoisotopic (exact) mass is 639 g/mol. The van der Waals surface area contributed by atoms with Crippen LogP contribution in [0, 0.1) is 11.7 Å². The molecule has 242 valence electrons. The van der Waals surface area contributed by atoms with Gasteiger partial charge in [0, 0.05) is 40.6 Å². The highest BCUT2D eigenvalue weighted by molar-refractivity contribution is 6.08. The summed E-state index contributed by atoms with van der Waals surface area (Å²) in [5.74, 6) is -0.776. The number of aromatic amines is 1. The normalized spacial score (nSPS) is 15.1. The summed E-state index contributed by atoms with van der Waals surface area (Å²) in [4.78, 5) is 37.0. The lowest BCUT2D eigenvalue weighted by molar-refractivity contribution is 0.100. The van der Waals surface area contributed by atoms with Crippen molar-refractivity contribution < 1.29 is 23.8 Å². The first-order valence-corrected chi connectivity index (χ1v) is 14.8. The molecule has 2 atom stereocenters. The van der Waals surface area contributed by atoms with Crippen LogP contribution in [0.15, 0.2) is 106 Å².